The Morgan fingerprint density at radius 1 is 1.31 bits per heavy atom. The fourth-order valence-corrected chi connectivity index (χ4v) is 1.79. The van der Waals surface area contributed by atoms with Crippen LogP contribution in [0.5, 0.6) is 0 Å². The largest absolute Gasteiger partial charge is 0.324 e. The summed E-state index contributed by atoms with van der Waals surface area (Å²) in [6.45, 7) is 0. The van der Waals surface area contributed by atoms with Gasteiger partial charge in [0.2, 0.25) is 0 Å². The highest BCUT2D eigenvalue weighted by Crippen LogP contribution is 2.15. The number of rotatable bonds is 4. The molecule has 2 aromatic rings. The zero-order chi connectivity index (χ0) is 11.4. The molecule has 2 rings (SSSR count). The van der Waals surface area contributed by atoms with Crippen LogP contribution in [0.2, 0.25) is 0 Å². The number of aromatic nitrogens is 2. The average molecular weight is 215 g/mol. The van der Waals surface area contributed by atoms with Crippen LogP contribution in [0.1, 0.15) is 23.6 Å². The third-order valence-electron chi connectivity index (χ3n) is 2.73. The normalized spacial score (nSPS) is 12.6. The lowest BCUT2D eigenvalue weighted by Crippen LogP contribution is -2.10. The third-order valence-corrected chi connectivity index (χ3v) is 2.73. The first-order valence-corrected chi connectivity index (χ1v) is 5.54. The summed E-state index contributed by atoms with van der Waals surface area (Å²) in [5.74, 6) is 0. The SMILES string of the molecule is Cn1cc(CCC(N)c2ccccc2)cn1. The zero-order valence-corrected chi connectivity index (χ0v) is 9.50. The molecule has 0 amide bonds. The van der Waals surface area contributed by atoms with E-state index in [4.69, 9.17) is 5.73 Å². The number of aryl methyl sites for hydroxylation is 2. The molecule has 0 aliphatic rings. The van der Waals surface area contributed by atoms with Crippen molar-refractivity contribution in [1.29, 1.82) is 0 Å². The van der Waals surface area contributed by atoms with E-state index in [2.05, 4.69) is 17.2 Å². The molecule has 84 valence electrons. The van der Waals surface area contributed by atoms with E-state index >= 15 is 0 Å². The van der Waals surface area contributed by atoms with Gasteiger partial charge in [0.1, 0.15) is 0 Å². The summed E-state index contributed by atoms with van der Waals surface area (Å²) in [5, 5.41) is 4.14. The lowest BCUT2D eigenvalue weighted by atomic mass is 10.0. The minimum absolute atomic E-state index is 0.112. The number of hydrogen-bond donors (Lipinski definition) is 1. The maximum Gasteiger partial charge on any atom is 0.0521 e. The van der Waals surface area contributed by atoms with Crippen molar-refractivity contribution in [2.75, 3.05) is 0 Å². The Morgan fingerprint density at radius 2 is 2.06 bits per heavy atom. The van der Waals surface area contributed by atoms with Crippen LogP contribution < -0.4 is 5.73 Å². The third kappa shape index (κ3) is 2.70. The summed E-state index contributed by atoms with van der Waals surface area (Å²) in [6, 6.07) is 10.3. The Hall–Kier alpha value is -1.61. The van der Waals surface area contributed by atoms with Gasteiger partial charge < -0.3 is 5.73 Å². The minimum Gasteiger partial charge on any atom is -0.324 e. The van der Waals surface area contributed by atoms with Gasteiger partial charge in [-0.1, -0.05) is 30.3 Å². The van der Waals surface area contributed by atoms with Crippen LogP contribution in [0, 0.1) is 0 Å². The fourth-order valence-electron chi connectivity index (χ4n) is 1.79. The number of nitrogens with zero attached hydrogens (tertiary/aromatic N) is 2. The van der Waals surface area contributed by atoms with Crippen LogP contribution in [0.25, 0.3) is 0 Å². The highest BCUT2D eigenvalue weighted by Gasteiger charge is 2.06. The molecule has 0 spiro atoms. The fraction of sp³-hybridized carbons (Fsp3) is 0.308. The Morgan fingerprint density at radius 3 is 2.69 bits per heavy atom. The standard InChI is InChI=1S/C13H17N3/c1-16-10-11(9-15-16)7-8-13(14)12-5-3-2-4-6-12/h2-6,9-10,13H,7-8,14H2,1H3. The zero-order valence-electron chi connectivity index (χ0n) is 9.50. The topological polar surface area (TPSA) is 43.8 Å². The van der Waals surface area contributed by atoms with Gasteiger partial charge in [-0.25, -0.2) is 0 Å². The monoisotopic (exact) mass is 215 g/mol. The molecule has 0 aliphatic carbocycles. The van der Waals surface area contributed by atoms with Gasteiger partial charge in [0, 0.05) is 19.3 Å². The lowest BCUT2D eigenvalue weighted by Gasteiger charge is -2.10. The van der Waals surface area contributed by atoms with Crippen molar-refractivity contribution in [3.8, 4) is 0 Å². The van der Waals surface area contributed by atoms with E-state index in [9.17, 15) is 0 Å². The van der Waals surface area contributed by atoms with Crippen molar-refractivity contribution >= 4 is 0 Å². The van der Waals surface area contributed by atoms with Gasteiger partial charge in [0.15, 0.2) is 0 Å². The molecule has 3 nitrogen and oxygen atoms in total. The first-order chi connectivity index (χ1) is 7.75. The number of nitrogens with two attached hydrogens (primary N) is 1. The van der Waals surface area contributed by atoms with Crippen molar-refractivity contribution < 1.29 is 0 Å². The van der Waals surface area contributed by atoms with Crippen LogP contribution >= 0.6 is 0 Å². The summed E-state index contributed by atoms with van der Waals surface area (Å²) in [6.07, 6.45) is 5.87. The van der Waals surface area contributed by atoms with E-state index in [0.29, 0.717) is 0 Å². The predicted molar refractivity (Wildman–Crippen MR) is 64.9 cm³/mol. The van der Waals surface area contributed by atoms with E-state index in [1.165, 1.54) is 11.1 Å². The minimum atomic E-state index is 0.112. The first-order valence-electron chi connectivity index (χ1n) is 5.54. The number of hydrogen-bond acceptors (Lipinski definition) is 2. The quantitative estimate of drug-likeness (QED) is 0.848. The predicted octanol–water partition coefficient (Wildman–Crippen LogP) is 2.05. The molecule has 1 aromatic heterocycles. The molecule has 0 radical (unpaired) electrons. The van der Waals surface area contributed by atoms with Crippen molar-refractivity contribution in [2.45, 2.75) is 18.9 Å². The summed E-state index contributed by atoms with van der Waals surface area (Å²) >= 11 is 0. The second-order valence-electron chi connectivity index (χ2n) is 4.08. The van der Waals surface area contributed by atoms with Crippen molar-refractivity contribution in [3.05, 3.63) is 53.9 Å². The van der Waals surface area contributed by atoms with Gasteiger partial charge in [-0.05, 0) is 24.0 Å². The van der Waals surface area contributed by atoms with Crippen LogP contribution in [0.4, 0.5) is 0 Å². The molecule has 2 N–H and O–H groups in total. The van der Waals surface area contributed by atoms with Crippen LogP contribution in [-0.2, 0) is 13.5 Å². The van der Waals surface area contributed by atoms with Crippen molar-refractivity contribution in [2.24, 2.45) is 12.8 Å². The molecule has 0 bridgehead atoms. The highest BCUT2D eigenvalue weighted by molar-refractivity contribution is 5.18. The number of benzene rings is 1. The molecule has 1 unspecified atom stereocenters. The summed E-state index contributed by atoms with van der Waals surface area (Å²) in [4.78, 5) is 0. The smallest absolute Gasteiger partial charge is 0.0521 e. The average Bonchev–Trinajstić information content (AvgIpc) is 2.73. The molecule has 0 saturated carbocycles. The molecule has 0 fully saturated rings. The van der Waals surface area contributed by atoms with E-state index in [1.807, 2.05) is 42.3 Å². The Balaban J connectivity index is 1.91. The van der Waals surface area contributed by atoms with E-state index < -0.39 is 0 Å². The molecule has 3 heteroatoms. The molecule has 16 heavy (non-hydrogen) atoms. The maximum absolute atomic E-state index is 6.12. The summed E-state index contributed by atoms with van der Waals surface area (Å²) in [5.41, 5.74) is 8.57. The van der Waals surface area contributed by atoms with Gasteiger partial charge in [0.25, 0.3) is 0 Å². The molecule has 1 atom stereocenters. The van der Waals surface area contributed by atoms with Gasteiger partial charge in [-0.3, -0.25) is 4.68 Å². The van der Waals surface area contributed by atoms with E-state index in [0.717, 1.165) is 12.8 Å². The van der Waals surface area contributed by atoms with Crippen molar-refractivity contribution in [3.63, 3.8) is 0 Å². The van der Waals surface area contributed by atoms with Crippen molar-refractivity contribution in [1.82, 2.24) is 9.78 Å². The van der Waals surface area contributed by atoms with Gasteiger partial charge in [-0.2, -0.15) is 5.10 Å². The molecule has 0 aliphatic heterocycles. The molecular formula is C13H17N3. The summed E-state index contributed by atoms with van der Waals surface area (Å²) < 4.78 is 1.82. The second kappa shape index (κ2) is 4.94. The molecule has 0 saturated heterocycles. The maximum atomic E-state index is 6.12. The van der Waals surface area contributed by atoms with E-state index in [1.54, 1.807) is 0 Å². The van der Waals surface area contributed by atoms with Crippen LogP contribution in [-0.4, -0.2) is 9.78 Å². The second-order valence-corrected chi connectivity index (χ2v) is 4.08. The molecule has 1 heterocycles. The van der Waals surface area contributed by atoms with Crippen LogP contribution in [0.15, 0.2) is 42.7 Å². The van der Waals surface area contributed by atoms with Gasteiger partial charge >= 0.3 is 0 Å². The highest BCUT2D eigenvalue weighted by atomic mass is 15.2. The molecular weight excluding hydrogens is 198 g/mol. The van der Waals surface area contributed by atoms with E-state index in [-0.39, 0.29) is 6.04 Å². The van der Waals surface area contributed by atoms with Gasteiger partial charge in [-0.15, -0.1) is 0 Å². The van der Waals surface area contributed by atoms with Gasteiger partial charge in [0.05, 0.1) is 6.20 Å². The first kappa shape index (κ1) is 10.9. The Kier molecular flexibility index (Phi) is 3.37. The summed E-state index contributed by atoms with van der Waals surface area (Å²) in [7, 11) is 1.93. The Labute approximate surface area is 95.9 Å². The van der Waals surface area contributed by atoms with Crippen LogP contribution in [0.3, 0.4) is 0 Å². The Bertz CT molecular complexity index is 433. The molecule has 1 aromatic carbocycles. The lowest BCUT2D eigenvalue weighted by molar-refractivity contribution is 0.651.